The number of benzene rings is 2. The van der Waals surface area contributed by atoms with Crippen LogP contribution in [0.1, 0.15) is 41.5 Å². The third kappa shape index (κ3) is 6.34. The van der Waals surface area contributed by atoms with Gasteiger partial charge in [0.15, 0.2) is 6.61 Å². The second-order valence-corrected chi connectivity index (χ2v) is 6.14. The van der Waals surface area contributed by atoms with Gasteiger partial charge in [0.1, 0.15) is 5.75 Å². The Morgan fingerprint density at radius 1 is 0.862 bits per heavy atom. The van der Waals surface area contributed by atoms with Crippen molar-refractivity contribution < 1.29 is 23.9 Å². The molecule has 0 aliphatic rings. The Hall–Kier alpha value is -3.35. The van der Waals surface area contributed by atoms with Crippen LogP contribution in [0.15, 0.2) is 48.5 Å². The molecule has 0 radical (unpaired) electrons. The molecule has 0 aromatic heterocycles. The van der Waals surface area contributed by atoms with Crippen LogP contribution < -0.4 is 10.1 Å². The molecule has 0 fully saturated rings. The van der Waals surface area contributed by atoms with Gasteiger partial charge in [0.25, 0.3) is 11.8 Å². The summed E-state index contributed by atoms with van der Waals surface area (Å²) in [4.78, 5) is 38.0. The second-order valence-electron chi connectivity index (χ2n) is 6.14. The smallest absolute Gasteiger partial charge is 0.338 e. The number of anilines is 1. The lowest BCUT2D eigenvalue weighted by Gasteiger charge is -2.18. The summed E-state index contributed by atoms with van der Waals surface area (Å²) < 4.78 is 10.3. The van der Waals surface area contributed by atoms with Crippen LogP contribution in [0, 0.1) is 0 Å². The number of nitrogens with one attached hydrogen (secondary N) is 1. The third-order valence-corrected chi connectivity index (χ3v) is 4.20. The molecule has 0 spiro atoms. The first kappa shape index (κ1) is 21.9. The molecule has 0 aliphatic carbocycles. The Morgan fingerprint density at radius 2 is 1.45 bits per heavy atom. The Morgan fingerprint density at radius 3 is 2.00 bits per heavy atom. The summed E-state index contributed by atoms with van der Waals surface area (Å²) in [6.07, 6.45) is 0. The maximum atomic E-state index is 12.3. The maximum absolute atomic E-state index is 12.3. The number of carbonyl (C=O) groups excluding carboxylic acids is 3. The molecule has 0 saturated carbocycles. The standard InChI is InChI=1S/C22H26N2O5/c1-4-24(5-2)21(26)16-7-11-18(12-8-16)23-20(25)15-29-22(27)17-9-13-19(14-10-17)28-6-3/h7-14H,4-6,15H2,1-3H3,(H,23,25). The molecule has 0 unspecified atom stereocenters. The zero-order valence-corrected chi connectivity index (χ0v) is 16.9. The summed E-state index contributed by atoms with van der Waals surface area (Å²) in [6, 6.07) is 13.1. The molecule has 7 nitrogen and oxygen atoms in total. The zero-order chi connectivity index (χ0) is 21.2. The van der Waals surface area contributed by atoms with Gasteiger partial charge in [-0.1, -0.05) is 0 Å². The average molecular weight is 398 g/mol. The van der Waals surface area contributed by atoms with Gasteiger partial charge in [0.2, 0.25) is 0 Å². The van der Waals surface area contributed by atoms with Crippen LogP contribution in [-0.4, -0.2) is 49.0 Å². The van der Waals surface area contributed by atoms with Crippen LogP contribution in [0.3, 0.4) is 0 Å². The van der Waals surface area contributed by atoms with Crippen molar-refractivity contribution in [3.05, 3.63) is 59.7 Å². The van der Waals surface area contributed by atoms with E-state index in [1.165, 1.54) is 0 Å². The largest absolute Gasteiger partial charge is 0.494 e. The van der Waals surface area contributed by atoms with E-state index in [1.54, 1.807) is 53.4 Å². The van der Waals surface area contributed by atoms with Gasteiger partial charge in [-0.25, -0.2) is 4.79 Å². The molecule has 0 saturated heterocycles. The van der Waals surface area contributed by atoms with E-state index in [2.05, 4.69) is 5.32 Å². The summed E-state index contributed by atoms with van der Waals surface area (Å²) in [6.45, 7) is 7.11. The first-order chi connectivity index (χ1) is 14.0. The van der Waals surface area contributed by atoms with Crippen molar-refractivity contribution in [1.82, 2.24) is 4.90 Å². The number of hydrogen-bond acceptors (Lipinski definition) is 5. The van der Waals surface area contributed by atoms with E-state index < -0.39 is 18.5 Å². The minimum Gasteiger partial charge on any atom is -0.494 e. The van der Waals surface area contributed by atoms with E-state index in [0.717, 1.165) is 0 Å². The van der Waals surface area contributed by atoms with Gasteiger partial charge in [0.05, 0.1) is 12.2 Å². The minimum absolute atomic E-state index is 0.0582. The van der Waals surface area contributed by atoms with Crippen LogP contribution in [0.25, 0.3) is 0 Å². The van der Waals surface area contributed by atoms with Gasteiger partial charge in [-0.05, 0) is 69.3 Å². The van der Waals surface area contributed by atoms with Crippen molar-refractivity contribution in [1.29, 1.82) is 0 Å². The SMILES string of the molecule is CCOc1ccc(C(=O)OCC(=O)Nc2ccc(C(=O)N(CC)CC)cc2)cc1. The first-order valence-corrected chi connectivity index (χ1v) is 9.57. The molecule has 154 valence electrons. The van der Waals surface area contributed by atoms with E-state index in [-0.39, 0.29) is 5.91 Å². The van der Waals surface area contributed by atoms with Gasteiger partial charge < -0.3 is 19.7 Å². The number of amides is 2. The molecule has 2 aromatic rings. The molecule has 7 heteroatoms. The molecule has 2 rings (SSSR count). The van der Waals surface area contributed by atoms with Crippen molar-refractivity contribution in [2.24, 2.45) is 0 Å². The van der Waals surface area contributed by atoms with E-state index in [9.17, 15) is 14.4 Å². The fourth-order valence-electron chi connectivity index (χ4n) is 2.65. The molecule has 1 N–H and O–H groups in total. The highest BCUT2D eigenvalue weighted by Crippen LogP contribution is 2.14. The zero-order valence-electron chi connectivity index (χ0n) is 16.9. The van der Waals surface area contributed by atoms with Crippen LogP contribution in [0.4, 0.5) is 5.69 Å². The van der Waals surface area contributed by atoms with E-state index in [0.29, 0.717) is 42.3 Å². The van der Waals surface area contributed by atoms with Crippen LogP contribution in [0.5, 0.6) is 5.75 Å². The lowest BCUT2D eigenvalue weighted by molar-refractivity contribution is -0.119. The average Bonchev–Trinajstić information content (AvgIpc) is 2.74. The topological polar surface area (TPSA) is 84.9 Å². The lowest BCUT2D eigenvalue weighted by Crippen LogP contribution is -2.30. The fourth-order valence-corrected chi connectivity index (χ4v) is 2.65. The summed E-state index contributed by atoms with van der Waals surface area (Å²) in [5.41, 5.74) is 1.40. The Labute approximate surface area is 170 Å². The van der Waals surface area contributed by atoms with Crippen molar-refractivity contribution in [2.75, 3.05) is 31.6 Å². The molecule has 0 aliphatic heterocycles. The van der Waals surface area contributed by atoms with Gasteiger partial charge in [0, 0.05) is 24.3 Å². The Bertz CT molecular complexity index is 827. The Balaban J connectivity index is 1.85. The van der Waals surface area contributed by atoms with Crippen molar-refractivity contribution in [3.8, 4) is 5.75 Å². The molecular formula is C22H26N2O5. The molecule has 2 aromatic carbocycles. The highest BCUT2D eigenvalue weighted by molar-refractivity contribution is 5.97. The van der Waals surface area contributed by atoms with Crippen LogP contribution in [-0.2, 0) is 9.53 Å². The van der Waals surface area contributed by atoms with Gasteiger partial charge in [-0.15, -0.1) is 0 Å². The number of hydrogen-bond donors (Lipinski definition) is 1. The molecule has 29 heavy (non-hydrogen) atoms. The highest BCUT2D eigenvalue weighted by Gasteiger charge is 2.13. The summed E-state index contributed by atoms with van der Waals surface area (Å²) >= 11 is 0. The molecule has 0 bridgehead atoms. The molecule has 2 amide bonds. The van der Waals surface area contributed by atoms with Crippen molar-refractivity contribution in [3.63, 3.8) is 0 Å². The van der Waals surface area contributed by atoms with E-state index in [4.69, 9.17) is 9.47 Å². The third-order valence-electron chi connectivity index (χ3n) is 4.20. The van der Waals surface area contributed by atoms with Gasteiger partial charge in [-0.3, -0.25) is 9.59 Å². The molecular weight excluding hydrogens is 372 g/mol. The number of esters is 1. The highest BCUT2D eigenvalue weighted by atomic mass is 16.5. The van der Waals surface area contributed by atoms with Crippen LogP contribution in [0.2, 0.25) is 0 Å². The summed E-state index contributed by atoms with van der Waals surface area (Å²) in [5.74, 6) is -0.461. The number of nitrogens with zero attached hydrogens (tertiary/aromatic N) is 1. The summed E-state index contributed by atoms with van der Waals surface area (Å²) in [7, 11) is 0. The maximum Gasteiger partial charge on any atom is 0.338 e. The second kappa shape index (κ2) is 10.8. The monoisotopic (exact) mass is 398 g/mol. The lowest BCUT2D eigenvalue weighted by atomic mass is 10.2. The van der Waals surface area contributed by atoms with Gasteiger partial charge in [-0.2, -0.15) is 0 Å². The van der Waals surface area contributed by atoms with Gasteiger partial charge >= 0.3 is 5.97 Å². The van der Waals surface area contributed by atoms with E-state index >= 15 is 0 Å². The number of rotatable bonds is 9. The molecule has 0 atom stereocenters. The van der Waals surface area contributed by atoms with Crippen molar-refractivity contribution in [2.45, 2.75) is 20.8 Å². The number of ether oxygens (including phenoxy) is 2. The fraction of sp³-hybridized carbons (Fsp3) is 0.318. The Kier molecular flexibility index (Phi) is 8.21. The quantitative estimate of drug-likeness (QED) is 0.655. The minimum atomic E-state index is -0.594. The van der Waals surface area contributed by atoms with Crippen LogP contribution >= 0.6 is 0 Å². The predicted octanol–water partition coefficient (Wildman–Crippen LogP) is 3.36. The predicted molar refractivity (Wildman–Crippen MR) is 110 cm³/mol. The molecule has 0 heterocycles. The normalized spacial score (nSPS) is 10.2. The number of carbonyl (C=O) groups is 3. The van der Waals surface area contributed by atoms with Crippen molar-refractivity contribution >= 4 is 23.5 Å². The first-order valence-electron chi connectivity index (χ1n) is 9.57. The summed E-state index contributed by atoms with van der Waals surface area (Å²) in [5, 5.41) is 2.64. The van der Waals surface area contributed by atoms with E-state index in [1.807, 2.05) is 20.8 Å².